The van der Waals surface area contributed by atoms with Gasteiger partial charge in [-0.1, -0.05) is 6.07 Å². The second-order valence-electron chi connectivity index (χ2n) is 3.75. The number of benzene rings is 1. The normalized spacial score (nSPS) is 10.7. The smallest absolute Gasteiger partial charge is 0.203 e. The topological polar surface area (TPSA) is 55.7 Å². The molecule has 1 aromatic heterocycles. The van der Waals surface area contributed by atoms with Crippen LogP contribution in [0.2, 0.25) is 0 Å². The highest BCUT2D eigenvalue weighted by Gasteiger charge is 2.07. The molecule has 0 radical (unpaired) electrons. The first-order valence-corrected chi connectivity index (χ1v) is 6.54. The van der Waals surface area contributed by atoms with Gasteiger partial charge in [0.15, 0.2) is 11.5 Å². The highest BCUT2D eigenvalue weighted by molar-refractivity contribution is 7.13. The first kappa shape index (κ1) is 13.4. The van der Waals surface area contributed by atoms with Crippen LogP contribution in [0.25, 0.3) is 0 Å². The molecule has 100 valence electrons. The van der Waals surface area contributed by atoms with E-state index in [-0.39, 0.29) is 0 Å². The SMILES string of the molecule is COc1cccc(/C=N\Nc2nc(C)cs2)c1OC. The van der Waals surface area contributed by atoms with Crippen LogP contribution in [0.1, 0.15) is 11.3 Å². The summed E-state index contributed by atoms with van der Waals surface area (Å²) < 4.78 is 10.5. The highest BCUT2D eigenvalue weighted by atomic mass is 32.1. The molecule has 1 heterocycles. The van der Waals surface area contributed by atoms with Crippen LogP contribution >= 0.6 is 11.3 Å². The average Bonchev–Trinajstić information content (AvgIpc) is 2.84. The summed E-state index contributed by atoms with van der Waals surface area (Å²) in [5.41, 5.74) is 4.69. The zero-order valence-electron chi connectivity index (χ0n) is 11.0. The maximum Gasteiger partial charge on any atom is 0.203 e. The number of hydrazone groups is 1. The number of aromatic nitrogens is 1. The van der Waals surface area contributed by atoms with Gasteiger partial charge in [-0.15, -0.1) is 11.3 Å². The van der Waals surface area contributed by atoms with E-state index in [1.165, 1.54) is 11.3 Å². The Hall–Kier alpha value is -2.08. The van der Waals surface area contributed by atoms with Crippen molar-refractivity contribution in [3.8, 4) is 11.5 Å². The van der Waals surface area contributed by atoms with Gasteiger partial charge in [0.1, 0.15) is 0 Å². The van der Waals surface area contributed by atoms with Crippen LogP contribution in [0.3, 0.4) is 0 Å². The quantitative estimate of drug-likeness (QED) is 0.674. The lowest BCUT2D eigenvalue weighted by Gasteiger charge is -2.09. The Morgan fingerprint density at radius 2 is 2.16 bits per heavy atom. The van der Waals surface area contributed by atoms with Crippen molar-refractivity contribution in [1.82, 2.24) is 4.98 Å². The lowest BCUT2D eigenvalue weighted by molar-refractivity contribution is 0.354. The molecule has 0 amide bonds. The minimum atomic E-state index is 0.658. The number of methoxy groups -OCH3 is 2. The van der Waals surface area contributed by atoms with E-state index in [0.29, 0.717) is 11.5 Å². The van der Waals surface area contributed by atoms with Gasteiger partial charge in [0.05, 0.1) is 26.1 Å². The number of ether oxygens (including phenoxy) is 2. The van der Waals surface area contributed by atoms with Crippen molar-refractivity contribution in [2.45, 2.75) is 6.92 Å². The van der Waals surface area contributed by atoms with Gasteiger partial charge in [-0.2, -0.15) is 5.10 Å². The molecule has 2 rings (SSSR count). The van der Waals surface area contributed by atoms with Crippen molar-refractivity contribution < 1.29 is 9.47 Å². The molecule has 0 aliphatic carbocycles. The second-order valence-corrected chi connectivity index (χ2v) is 4.60. The van der Waals surface area contributed by atoms with Crippen LogP contribution in [-0.4, -0.2) is 25.4 Å². The number of rotatable bonds is 5. The number of hydrogen-bond acceptors (Lipinski definition) is 6. The summed E-state index contributed by atoms with van der Waals surface area (Å²) in [7, 11) is 3.21. The average molecular weight is 277 g/mol. The number of nitrogens with zero attached hydrogens (tertiary/aromatic N) is 2. The van der Waals surface area contributed by atoms with Crippen molar-refractivity contribution >= 4 is 22.7 Å². The van der Waals surface area contributed by atoms with E-state index in [9.17, 15) is 0 Å². The van der Waals surface area contributed by atoms with Crippen LogP contribution in [-0.2, 0) is 0 Å². The largest absolute Gasteiger partial charge is 0.493 e. The summed E-state index contributed by atoms with van der Waals surface area (Å²) in [5.74, 6) is 1.34. The van der Waals surface area contributed by atoms with E-state index in [2.05, 4.69) is 15.5 Å². The van der Waals surface area contributed by atoms with E-state index >= 15 is 0 Å². The van der Waals surface area contributed by atoms with Crippen LogP contribution < -0.4 is 14.9 Å². The van der Waals surface area contributed by atoms with Crippen molar-refractivity contribution in [3.63, 3.8) is 0 Å². The van der Waals surface area contributed by atoms with Crippen LogP contribution in [0.4, 0.5) is 5.13 Å². The Morgan fingerprint density at radius 1 is 1.32 bits per heavy atom. The minimum absolute atomic E-state index is 0.658. The Bertz CT molecular complexity index is 581. The Balaban J connectivity index is 2.14. The van der Waals surface area contributed by atoms with Crippen molar-refractivity contribution in [2.24, 2.45) is 5.10 Å². The molecule has 0 fully saturated rings. The molecule has 0 spiro atoms. The zero-order valence-corrected chi connectivity index (χ0v) is 11.8. The number of anilines is 1. The summed E-state index contributed by atoms with van der Waals surface area (Å²) in [6.45, 7) is 1.94. The second kappa shape index (κ2) is 6.19. The summed E-state index contributed by atoms with van der Waals surface area (Å²) >= 11 is 1.51. The molecule has 19 heavy (non-hydrogen) atoms. The first-order valence-electron chi connectivity index (χ1n) is 5.66. The minimum Gasteiger partial charge on any atom is -0.493 e. The third kappa shape index (κ3) is 3.23. The number of para-hydroxylation sites is 1. The van der Waals surface area contributed by atoms with Crippen molar-refractivity contribution in [3.05, 3.63) is 34.8 Å². The number of aryl methyl sites for hydroxylation is 1. The molecule has 0 aliphatic heterocycles. The molecule has 2 aromatic rings. The molecular formula is C13H15N3O2S. The van der Waals surface area contributed by atoms with Gasteiger partial charge in [-0.05, 0) is 19.1 Å². The molecule has 5 nitrogen and oxygen atoms in total. The van der Waals surface area contributed by atoms with Gasteiger partial charge in [-0.25, -0.2) is 4.98 Å². The maximum atomic E-state index is 5.32. The monoisotopic (exact) mass is 277 g/mol. The van der Waals surface area contributed by atoms with Gasteiger partial charge in [0.2, 0.25) is 5.13 Å². The standard InChI is InChI=1S/C13H15N3O2S/c1-9-8-19-13(15-9)16-14-7-10-5-4-6-11(17-2)12(10)18-3/h4-8H,1-3H3,(H,15,16)/b14-7-. The molecule has 0 bridgehead atoms. The molecule has 0 unspecified atom stereocenters. The summed E-state index contributed by atoms with van der Waals surface area (Å²) in [5, 5.41) is 6.87. The molecule has 1 aromatic carbocycles. The third-order valence-corrected chi connectivity index (χ3v) is 3.28. The molecule has 0 saturated carbocycles. The lowest BCUT2D eigenvalue weighted by atomic mass is 10.2. The Labute approximate surface area is 115 Å². The zero-order chi connectivity index (χ0) is 13.7. The Morgan fingerprint density at radius 3 is 2.79 bits per heavy atom. The summed E-state index contributed by atoms with van der Waals surface area (Å²) in [6, 6.07) is 5.63. The van der Waals surface area contributed by atoms with E-state index < -0.39 is 0 Å². The summed E-state index contributed by atoms with van der Waals surface area (Å²) in [4.78, 5) is 4.26. The highest BCUT2D eigenvalue weighted by Crippen LogP contribution is 2.29. The third-order valence-electron chi connectivity index (χ3n) is 2.42. The van der Waals surface area contributed by atoms with Gasteiger partial charge >= 0.3 is 0 Å². The van der Waals surface area contributed by atoms with E-state index in [1.807, 2.05) is 30.5 Å². The fourth-order valence-corrected chi connectivity index (χ4v) is 2.21. The molecule has 6 heteroatoms. The molecule has 0 atom stereocenters. The Kier molecular flexibility index (Phi) is 4.35. The number of hydrogen-bond donors (Lipinski definition) is 1. The predicted octanol–water partition coefficient (Wildman–Crippen LogP) is 2.91. The maximum absolute atomic E-state index is 5.32. The first-order chi connectivity index (χ1) is 9.24. The van der Waals surface area contributed by atoms with Gasteiger partial charge in [0.25, 0.3) is 0 Å². The van der Waals surface area contributed by atoms with Gasteiger partial charge in [0, 0.05) is 10.9 Å². The van der Waals surface area contributed by atoms with Gasteiger partial charge in [-0.3, -0.25) is 5.43 Å². The number of nitrogens with one attached hydrogen (secondary N) is 1. The van der Waals surface area contributed by atoms with E-state index in [4.69, 9.17) is 9.47 Å². The van der Waals surface area contributed by atoms with Gasteiger partial charge < -0.3 is 9.47 Å². The van der Waals surface area contributed by atoms with E-state index in [0.717, 1.165) is 16.4 Å². The summed E-state index contributed by atoms with van der Waals surface area (Å²) in [6.07, 6.45) is 1.68. The fraction of sp³-hybridized carbons (Fsp3) is 0.231. The van der Waals surface area contributed by atoms with Crippen LogP contribution in [0.15, 0.2) is 28.7 Å². The molecule has 1 N–H and O–H groups in total. The lowest BCUT2D eigenvalue weighted by Crippen LogP contribution is -1.96. The molecule has 0 saturated heterocycles. The molecule has 0 aliphatic rings. The van der Waals surface area contributed by atoms with Crippen molar-refractivity contribution in [1.29, 1.82) is 0 Å². The van der Waals surface area contributed by atoms with E-state index in [1.54, 1.807) is 20.4 Å². The van der Waals surface area contributed by atoms with Crippen LogP contribution in [0.5, 0.6) is 11.5 Å². The van der Waals surface area contributed by atoms with Crippen molar-refractivity contribution in [2.75, 3.05) is 19.6 Å². The number of thiazole rings is 1. The fourth-order valence-electron chi connectivity index (χ4n) is 1.58. The van der Waals surface area contributed by atoms with Crippen LogP contribution in [0, 0.1) is 6.92 Å². The molecular weight excluding hydrogens is 262 g/mol. The predicted molar refractivity (Wildman–Crippen MR) is 77.6 cm³/mol.